The van der Waals surface area contributed by atoms with Crippen molar-refractivity contribution in [2.45, 2.75) is 0 Å². The van der Waals surface area contributed by atoms with E-state index in [0.717, 1.165) is 59.8 Å². The van der Waals surface area contributed by atoms with Crippen molar-refractivity contribution in [1.82, 2.24) is 4.98 Å². The summed E-state index contributed by atoms with van der Waals surface area (Å²) in [6.07, 6.45) is 0. The van der Waals surface area contributed by atoms with E-state index in [2.05, 4.69) is 169 Å². The second-order valence-corrected chi connectivity index (χ2v) is 15.2. The first-order valence-electron chi connectivity index (χ1n) is 17.4. The summed E-state index contributed by atoms with van der Waals surface area (Å²) < 4.78 is 10.2. The Labute approximate surface area is 307 Å². The van der Waals surface area contributed by atoms with Gasteiger partial charge in [0.05, 0.1) is 21.3 Å². The predicted molar refractivity (Wildman–Crippen MR) is 223 cm³/mol. The summed E-state index contributed by atoms with van der Waals surface area (Å²) in [6, 6.07) is 60.8. The third-order valence-electron chi connectivity index (χ3n) is 10.1. The van der Waals surface area contributed by atoms with Crippen molar-refractivity contribution < 1.29 is 4.42 Å². The molecule has 244 valence electrons. The summed E-state index contributed by atoms with van der Waals surface area (Å²) in [4.78, 5) is 7.60. The summed E-state index contributed by atoms with van der Waals surface area (Å²) in [5.41, 5.74) is 9.52. The molecule has 3 aromatic heterocycles. The molecule has 0 unspecified atom stereocenters. The quantitative estimate of drug-likeness (QED) is 0.179. The van der Waals surface area contributed by atoms with Gasteiger partial charge in [0.25, 0.3) is 0 Å². The largest absolute Gasteiger partial charge is 0.456 e. The van der Waals surface area contributed by atoms with Crippen molar-refractivity contribution in [1.29, 1.82) is 0 Å². The highest BCUT2D eigenvalue weighted by atomic mass is 32.1. The maximum Gasteiger partial charge on any atom is 0.137 e. The Kier molecular flexibility index (Phi) is 6.59. The second-order valence-electron chi connectivity index (χ2n) is 13.1. The van der Waals surface area contributed by atoms with Crippen LogP contribution >= 0.6 is 22.7 Å². The van der Waals surface area contributed by atoms with Crippen LogP contribution < -0.4 is 4.90 Å². The molecule has 0 aliphatic carbocycles. The number of aromatic nitrogens is 1. The minimum atomic E-state index is 0.849. The van der Waals surface area contributed by atoms with Gasteiger partial charge in [-0.3, -0.25) is 0 Å². The van der Waals surface area contributed by atoms with Gasteiger partial charge in [-0.05, 0) is 82.6 Å². The highest BCUT2D eigenvalue weighted by molar-refractivity contribution is 7.26. The first-order valence-corrected chi connectivity index (χ1v) is 19.0. The Balaban J connectivity index is 1.14. The number of thiazole rings is 1. The summed E-state index contributed by atoms with van der Waals surface area (Å²) in [7, 11) is 0. The first-order chi connectivity index (χ1) is 25.8. The van der Waals surface area contributed by atoms with Gasteiger partial charge in [0.15, 0.2) is 0 Å². The zero-order chi connectivity index (χ0) is 34.2. The van der Waals surface area contributed by atoms with Gasteiger partial charge in [-0.1, -0.05) is 109 Å². The van der Waals surface area contributed by atoms with Gasteiger partial charge in [0, 0.05) is 42.5 Å². The molecule has 0 aliphatic heterocycles. The molecule has 8 aromatic carbocycles. The SMILES string of the molecule is c1ccc(-c2nc3c(ccc4oc5ccc(N(c6ccc(-c7cccc8ccccc78)cc6)c6cccc7sc8ccccc8c67)cc5c43)s2)cc1. The number of hydrogen-bond donors (Lipinski definition) is 0. The minimum absolute atomic E-state index is 0.849. The van der Waals surface area contributed by atoms with Gasteiger partial charge < -0.3 is 9.32 Å². The number of thiophene rings is 1. The molecule has 0 radical (unpaired) electrons. The van der Waals surface area contributed by atoms with Gasteiger partial charge in [0.1, 0.15) is 16.2 Å². The van der Waals surface area contributed by atoms with E-state index in [9.17, 15) is 0 Å². The van der Waals surface area contributed by atoms with Crippen molar-refractivity contribution in [2.75, 3.05) is 4.90 Å². The van der Waals surface area contributed by atoms with Crippen LogP contribution in [-0.4, -0.2) is 4.98 Å². The highest BCUT2D eigenvalue weighted by Crippen LogP contribution is 2.47. The normalized spacial score (nSPS) is 11.8. The number of furan rings is 1. The number of hydrogen-bond acceptors (Lipinski definition) is 5. The van der Waals surface area contributed by atoms with Gasteiger partial charge in [0.2, 0.25) is 0 Å². The van der Waals surface area contributed by atoms with Crippen LogP contribution in [0.15, 0.2) is 174 Å². The van der Waals surface area contributed by atoms with Crippen LogP contribution in [-0.2, 0) is 0 Å². The first kappa shape index (κ1) is 29.5. The molecule has 0 amide bonds. The van der Waals surface area contributed by atoms with E-state index < -0.39 is 0 Å². The van der Waals surface area contributed by atoms with E-state index in [0.29, 0.717) is 0 Å². The fourth-order valence-corrected chi connectivity index (χ4v) is 9.83. The zero-order valence-corrected chi connectivity index (χ0v) is 29.4. The average Bonchev–Trinajstić information content (AvgIpc) is 3.92. The topological polar surface area (TPSA) is 29.3 Å². The lowest BCUT2D eigenvalue weighted by atomic mass is 9.98. The number of benzene rings is 8. The number of anilines is 3. The van der Waals surface area contributed by atoms with Crippen molar-refractivity contribution in [3.8, 4) is 21.7 Å². The molecule has 0 bridgehead atoms. The lowest BCUT2D eigenvalue weighted by Crippen LogP contribution is -2.10. The maximum atomic E-state index is 6.48. The Hall–Kier alpha value is -6.27. The zero-order valence-electron chi connectivity index (χ0n) is 27.8. The number of rotatable bonds is 5. The molecule has 0 saturated heterocycles. The molecular formula is C47H28N2OS2. The van der Waals surface area contributed by atoms with Crippen LogP contribution in [0.25, 0.3) is 84.8 Å². The fraction of sp³-hybridized carbons (Fsp3) is 0. The lowest BCUT2D eigenvalue weighted by Gasteiger charge is -2.27. The molecule has 5 heteroatoms. The van der Waals surface area contributed by atoms with Crippen LogP contribution in [0, 0.1) is 0 Å². The molecule has 3 nitrogen and oxygen atoms in total. The molecule has 0 atom stereocenters. The molecule has 0 fully saturated rings. The second kappa shape index (κ2) is 11.6. The van der Waals surface area contributed by atoms with E-state index in [-0.39, 0.29) is 0 Å². The van der Waals surface area contributed by atoms with Gasteiger partial charge in [-0.2, -0.15) is 0 Å². The smallest absolute Gasteiger partial charge is 0.137 e. The molecule has 11 rings (SSSR count). The molecular weight excluding hydrogens is 673 g/mol. The van der Waals surface area contributed by atoms with E-state index in [1.54, 1.807) is 11.3 Å². The standard InChI is InChI=1S/C47H28N2OS2/c1-2-11-31(12-3-1)47-48-46-43(52-47)27-26-40-45(46)37-28-33(24-25-39(37)50-40)49(38-17-9-19-42-44(38)36-15-6-7-18-41(36)51-42)32-22-20-30(21-23-32)35-16-8-13-29-10-4-5-14-34(29)35/h1-28H. The Morgan fingerprint density at radius 3 is 2.10 bits per heavy atom. The Morgan fingerprint density at radius 2 is 1.19 bits per heavy atom. The Bertz CT molecular complexity index is 3130. The summed E-state index contributed by atoms with van der Waals surface area (Å²) in [5, 5.41) is 8.15. The van der Waals surface area contributed by atoms with Crippen LogP contribution in [0.5, 0.6) is 0 Å². The van der Waals surface area contributed by atoms with Crippen LogP contribution in [0.4, 0.5) is 17.1 Å². The number of fused-ring (bicyclic) bond motifs is 9. The molecule has 0 spiro atoms. The Morgan fingerprint density at radius 1 is 0.462 bits per heavy atom. The lowest BCUT2D eigenvalue weighted by molar-refractivity contribution is 0.669. The maximum absolute atomic E-state index is 6.48. The monoisotopic (exact) mass is 700 g/mol. The van der Waals surface area contributed by atoms with Crippen molar-refractivity contribution >= 4 is 103 Å². The summed E-state index contributed by atoms with van der Waals surface area (Å²) in [5.74, 6) is 0. The average molecular weight is 701 g/mol. The number of nitrogens with zero attached hydrogens (tertiary/aromatic N) is 2. The van der Waals surface area contributed by atoms with Gasteiger partial charge >= 0.3 is 0 Å². The van der Waals surface area contributed by atoms with Crippen LogP contribution in [0.1, 0.15) is 0 Å². The minimum Gasteiger partial charge on any atom is -0.456 e. The predicted octanol–water partition coefficient (Wildman–Crippen LogP) is 14.5. The van der Waals surface area contributed by atoms with Crippen LogP contribution in [0.3, 0.4) is 0 Å². The van der Waals surface area contributed by atoms with E-state index >= 15 is 0 Å². The molecule has 0 saturated carbocycles. The third-order valence-corrected chi connectivity index (χ3v) is 12.3. The molecule has 11 aromatic rings. The van der Waals surface area contributed by atoms with Gasteiger partial charge in [-0.25, -0.2) is 4.98 Å². The van der Waals surface area contributed by atoms with E-state index in [4.69, 9.17) is 9.40 Å². The fourth-order valence-electron chi connectivity index (χ4n) is 7.72. The van der Waals surface area contributed by atoms with Gasteiger partial charge in [-0.15, -0.1) is 22.7 Å². The third kappa shape index (κ3) is 4.60. The van der Waals surface area contributed by atoms with Crippen molar-refractivity contribution in [3.63, 3.8) is 0 Å². The summed E-state index contributed by atoms with van der Waals surface area (Å²) in [6.45, 7) is 0. The van der Waals surface area contributed by atoms with Crippen molar-refractivity contribution in [2.24, 2.45) is 0 Å². The summed E-state index contributed by atoms with van der Waals surface area (Å²) >= 11 is 3.57. The van der Waals surface area contributed by atoms with Crippen LogP contribution in [0.2, 0.25) is 0 Å². The van der Waals surface area contributed by atoms with Crippen molar-refractivity contribution in [3.05, 3.63) is 170 Å². The highest BCUT2D eigenvalue weighted by Gasteiger charge is 2.21. The molecule has 0 N–H and O–H groups in total. The van der Waals surface area contributed by atoms with E-state index in [1.807, 2.05) is 17.4 Å². The molecule has 0 aliphatic rings. The van der Waals surface area contributed by atoms with E-state index in [1.165, 1.54) is 42.1 Å². The molecule has 52 heavy (non-hydrogen) atoms. The molecule has 3 heterocycles.